The lowest BCUT2D eigenvalue weighted by atomic mass is 10.4. The second kappa shape index (κ2) is 6.08. The Balaban J connectivity index is 3.20. The lowest BCUT2D eigenvalue weighted by Crippen LogP contribution is -1.73. The normalized spacial score (nSPS) is 9.12. The number of rotatable bonds is 3. The molecule has 0 unspecified atom stereocenters. The summed E-state index contributed by atoms with van der Waals surface area (Å²) in [5.41, 5.74) is 0. The third-order valence-electron chi connectivity index (χ3n) is 0.528. The zero-order valence-corrected chi connectivity index (χ0v) is 4.37. The van der Waals surface area contributed by atoms with Crippen LogP contribution in [0.2, 0.25) is 0 Å². The van der Waals surface area contributed by atoms with Crippen molar-refractivity contribution < 1.29 is 9.90 Å². The van der Waals surface area contributed by atoms with Gasteiger partial charge in [-0.3, -0.25) is 0 Å². The standard InChI is InChI=1S/C5H7NO2/c7-4-2-1-3-6-5-8/h1,3,7H,2,4H2/b3-1-. The molecule has 0 radical (unpaired) electrons. The lowest BCUT2D eigenvalue weighted by molar-refractivity contribution is 0.302. The van der Waals surface area contributed by atoms with Crippen molar-refractivity contribution in [1.29, 1.82) is 0 Å². The highest BCUT2D eigenvalue weighted by molar-refractivity contribution is 5.34. The minimum atomic E-state index is 0.0882. The maximum absolute atomic E-state index is 9.36. The van der Waals surface area contributed by atoms with Crippen LogP contribution in [0.1, 0.15) is 6.42 Å². The first-order valence-electron chi connectivity index (χ1n) is 2.24. The summed E-state index contributed by atoms with van der Waals surface area (Å²) in [7, 11) is 0. The Morgan fingerprint density at radius 1 is 1.75 bits per heavy atom. The summed E-state index contributed by atoms with van der Waals surface area (Å²) in [6, 6.07) is 0. The van der Waals surface area contributed by atoms with Crippen LogP contribution in [0.4, 0.5) is 0 Å². The monoisotopic (exact) mass is 113 g/mol. The molecule has 0 saturated carbocycles. The summed E-state index contributed by atoms with van der Waals surface area (Å²) in [6.45, 7) is 0.0882. The van der Waals surface area contributed by atoms with Gasteiger partial charge in [0.1, 0.15) is 0 Å². The van der Waals surface area contributed by atoms with Crippen molar-refractivity contribution in [3.05, 3.63) is 12.3 Å². The zero-order valence-electron chi connectivity index (χ0n) is 4.37. The Hall–Kier alpha value is -0.920. The zero-order chi connectivity index (χ0) is 6.24. The number of carbonyl (C=O) groups excluding carboxylic acids is 1. The van der Waals surface area contributed by atoms with Gasteiger partial charge in [-0.25, -0.2) is 4.79 Å². The van der Waals surface area contributed by atoms with Crippen LogP contribution in [0.5, 0.6) is 0 Å². The van der Waals surface area contributed by atoms with Gasteiger partial charge in [-0.2, -0.15) is 4.99 Å². The van der Waals surface area contributed by atoms with Crippen molar-refractivity contribution in [2.24, 2.45) is 4.99 Å². The van der Waals surface area contributed by atoms with Gasteiger partial charge < -0.3 is 5.11 Å². The van der Waals surface area contributed by atoms with Crippen molar-refractivity contribution in [2.45, 2.75) is 6.42 Å². The van der Waals surface area contributed by atoms with E-state index in [-0.39, 0.29) is 6.61 Å². The summed E-state index contributed by atoms with van der Waals surface area (Å²) in [5.74, 6) is 0. The molecule has 0 bridgehead atoms. The molecule has 3 heteroatoms. The predicted molar refractivity (Wildman–Crippen MR) is 29.0 cm³/mol. The Morgan fingerprint density at radius 2 is 2.50 bits per heavy atom. The fraction of sp³-hybridized carbons (Fsp3) is 0.400. The Bertz CT molecular complexity index is 114. The topological polar surface area (TPSA) is 49.7 Å². The highest BCUT2D eigenvalue weighted by atomic mass is 16.2. The van der Waals surface area contributed by atoms with E-state index in [2.05, 4.69) is 4.99 Å². The van der Waals surface area contributed by atoms with Gasteiger partial charge in [0.05, 0.1) is 0 Å². The van der Waals surface area contributed by atoms with Gasteiger partial charge in [-0.05, 0) is 6.42 Å². The number of isocyanates is 1. The second-order valence-corrected chi connectivity index (χ2v) is 1.12. The van der Waals surface area contributed by atoms with E-state index in [0.29, 0.717) is 6.42 Å². The predicted octanol–water partition coefficient (Wildman–Crippen LogP) is 0.218. The summed E-state index contributed by atoms with van der Waals surface area (Å²) in [4.78, 5) is 12.5. The molecule has 0 saturated heterocycles. The van der Waals surface area contributed by atoms with Crippen molar-refractivity contribution in [2.75, 3.05) is 6.61 Å². The lowest BCUT2D eigenvalue weighted by Gasteiger charge is -1.76. The molecule has 0 aromatic heterocycles. The number of hydrogen-bond donors (Lipinski definition) is 1. The molecule has 1 N–H and O–H groups in total. The van der Waals surface area contributed by atoms with Crippen LogP contribution in [-0.2, 0) is 4.79 Å². The molecule has 0 aromatic rings. The Labute approximate surface area is 47.4 Å². The molecule has 0 heterocycles. The van der Waals surface area contributed by atoms with Gasteiger partial charge in [0.15, 0.2) is 0 Å². The average molecular weight is 113 g/mol. The average Bonchev–Trinajstić information content (AvgIpc) is 1.81. The smallest absolute Gasteiger partial charge is 0.239 e. The quantitative estimate of drug-likeness (QED) is 0.420. The second-order valence-electron chi connectivity index (χ2n) is 1.12. The van der Waals surface area contributed by atoms with E-state index in [1.807, 2.05) is 0 Å². The first-order valence-corrected chi connectivity index (χ1v) is 2.24. The van der Waals surface area contributed by atoms with Gasteiger partial charge in [-0.15, -0.1) is 0 Å². The van der Waals surface area contributed by atoms with E-state index in [1.54, 1.807) is 6.08 Å². The molecule has 0 aromatic carbocycles. The van der Waals surface area contributed by atoms with E-state index >= 15 is 0 Å². The number of aliphatic hydroxyl groups excluding tert-OH is 1. The molecular weight excluding hydrogens is 106 g/mol. The van der Waals surface area contributed by atoms with Gasteiger partial charge in [0, 0.05) is 12.8 Å². The van der Waals surface area contributed by atoms with Crippen LogP contribution in [0.3, 0.4) is 0 Å². The van der Waals surface area contributed by atoms with Crippen LogP contribution in [0, 0.1) is 0 Å². The van der Waals surface area contributed by atoms with Crippen LogP contribution >= 0.6 is 0 Å². The molecule has 0 atom stereocenters. The first-order chi connectivity index (χ1) is 3.91. The molecule has 8 heavy (non-hydrogen) atoms. The van der Waals surface area contributed by atoms with E-state index in [0.717, 1.165) is 0 Å². The number of hydrogen-bond acceptors (Lipinski definition) is 3. The molecule has 0 rings (SSSR count). The summed E-state index contributed by atoms with van der Waals surface area (Å²) >= 11 is 0. The minimum Gasteiger partial charge on any atom is -0.396 e. The van der Waals surface area contributed by atoms with E-state index < -0.39 is 0 Å². The third kappa shape index (κ3) is 5.08. The minimum absolute atomic E-state index is 0.0882. The molecule has 3 nitrogen and oxygen atoms in total. The number of aliphatic hydroxyl groups is 1. The Morgan fingerprint density at radius 3 is 3.00 bits per heavy atom. The highest BCUT2D eigenvalue weighted by Gasteiger charge is 1.68. The highest BCUT2D eigenvalue weighted by Crippen LogP contribution is 1.78. The molecule has 0 aliphatic rings. The van der Waals surface area contributed by atoms with Gasteiger partial charge in [0.25, 0.3) is 0 Å². The van der Waals surface area contributed by atoms with Crippen molar-refractivity contribution >= 4 is 6.08 Å². The van der Waals surface area contributed by atoms with Crippen LogP contribution in [0.25, 0.3) is 0 Å². The van der Waals surface area contributed by atoms with Crippen LogP contribution in [-0.4, -0.2) is 17.8 Å². The van der Waals surface area contributed by atoms with Crippen LogP contribution in [0.15, 0.2) is 17.3 Å². The number of aliphatic imine (C=N–C) groups is 1. The summed E-state index contributed by atoms with van der Waals surface area (Å²) < 4.78 is 0. The van der Waals surface area contributed by atoms with E-state index in [1.165, 1.54) is 12.3 Å². The van der Waals surface area contributed by atoms with E-state index in [9.17, 15) is 4.79 Å². The number of nitrogens with zero attached hydrogens (tertiary/aromatic N) is 1. The largest absolute Gasteiger partial charge is 0.396 e. The van der Waals surface area contributed by atoms with Gasteiger partial charge in [-0.1, -0.05) is 6.08 Å². The molecular formula is C5H7NO2. The molecule has 0 amide bonds. The van der Waals surface area contributed by atoms with Gasteiger partial charge >= 0.3 is 0 Å². The van der Waals surface area contributed by atoms with Crippen molar-refractivity contribution in [1.82, 2.24) is 0 Å². The molecule has 0 spiro atoms. The first kappa shape index (κ1) is 7.08. The molecule has 44 valence electrons. The molecule has 0 aliphatic heterocycles. The molecule has 0 fully saturated rings. The SMILES string of the molecule is O=C=N/C=C\CCO. The third-order valence-corrected chi connectivity index (χ3v) is 0.528. The van der Waals surface area contributed by atoms with Crippen molar-refractivity contribution in [3.8, 4) is 0 Å². The Kier molecular flexibility index (Phi) is 5.38. The van der Waals surface area contributed by atoms with Crippen molar-refractivity contribution in [3.63, 3.8) is 0 Å². The maximum Gasteiger partial charge on any atom is 0.239 e. The fourth-order valence-corrected chi connectivity index (χ4v) is 0.232. The summed E-state index contributed by atoms with van der Waals surface area (Å²) in [5, 5.41) is 8.17. The van der Waals surface area contributed by atoms with Gasteiger partial charge in [0.2, 0.25) is 6.08 Å². The maximum atomic E-state index is 9.36. The van der Waals surface area contributed by atoms with Crippen LogP contribution < -0.4 is 0 Å². The van der Waals surface area contributed by atoms with E-state index in [4.69, 9.17) is 5.11 Å². The fourth-order valence-electron chi connectivity index (χ4n) is 0.232. The summed E-state index contributed by atoms with van der Waals surface area (Å²) in [6.07, 6.45) is 4.76. The molecule has 0 aliphatic carbocycles.